The van der Waals surface area contributed by atoms with Gasteiger partial charge in [0.2, 0.25) is 0 Å². The molecule has 0 bridgehead atoms. The molecule has 0 aromatic carbocycles. The topological polar surface area (TPSA) is 87.7 Å². The summed E-state index contributed by atoms with van der Waals surface area (Å²) in [5.74, 6) is 0. The number of amides is 1. The molecule has 0 radical (unpaired) electrons. The highest BCUT2D eigenvalue weighted by Crippen LogP contribution is 2.12. The fourth-order valence-corrected chi connectivity index (χ4v) is 2.70. The number of hydrogen-bond acceptors (Lipinski definition) is 5. The highest BCUT2D eigenvalue weighted by Gasteiger charge is 2.32. The molecular formula is C9H19N3O4S. The Kier molecular flexibility index (Phi) is 4.72. The molecule has 1 aliphatic rings. The molecule has 8 heteroatoms. The molecule has 1 atom stereocenters. The fraction of sp³-hybridized carbons (Fsp3) is 0.889. The fourth-order valence-electron chi connectivity index (χ4n) is 1.59. The minimum absolute atomic E-state index is 0.132. The largest absolute Gasteiger partial charge is 0.446 e. The van der Waals surface area contributed by atoms with Gasteiger partial charge in [-0.05, 0) is 27.3 Å². The zero-order valence-corrected chi connectivity index (χ0v) is 11.1. The summed E-state index contributed by atoms with van der Waals surface area (Å²) in [6, 6.07) is 0.132. The van der Waals surface area contributed by atoms with Crippen molar-refractivity contribution in [2.45, 2.75) is 32.4 Å². The Morgan fingerprint density at radius 1 is 1.47 bits per heavy atom. The third-order valence-corrected chi connectivity index (χ3v) is 3.89. The van der Waals surface area contributed by atoms with Crippen LogP contribution in [0.5, 0.6) is 0 Å². The normalized spacial score (nSPS) is 21.8. The summed E-state index contributed by atoms with van der Waals surface area (Å²) in [5.41, 5.74) is 0. The van der Waals surface area contributed by atoms with E-state index < -0.39 is 16.3 Å². The summed E-state index contributed by atoms with van der Waals surface area (Å²) >= 11 is 0. The number of ether oxygens (including phenoxy) is 1. The van der Waals surface area contributed by atoms with Crippen molar-refractivity contribution in [3.05, 3.63) is 0 Å². The minimum Gasteiger partial charge on any atom is -0.446 e. The van der Waals surface area contributed by atoms with Gasteiger partial charge in [0, 0.05) is 19.1 Å². The maximum Gasteiger partial charge on any atom is 0.422 e. The molecule has 1 aliphatic heterocycles. The highest BCUT2D eigenvalue weighted by molar-refractivity contribution is 7.87. The van der Waals surface area contributed by atoms with Gasteiger partial charge in [0.1, 0.15) is 0 Å². The lowest BCUT2D eigenvalue weighted by atomic mass is 10.3. The molecule has 1 rings (SSSR count). The Bertz CT molecular complexity index is 368. The van der Waals surface area contributed by atoms with Crippen molar-refractivity contribution in [3.63, 3.8) is 0 Å². The molecule has 17 heavy (non-hydrogen) atoms. The van der Waals surface area contributed by atoms with E-state index in [1.807, 2.05) is 4.72 Å². The van der Waals surface area contributed by atoms with Crippen LogP contribution in [0.3, 0.4) is 0 Å². The van der Waals surface area contributed by atoms with Gasteiger partial charge in [-0.1, -0.05) is 0 Å². The third-order valence-electron chi connectivity index (χ3n) is 2.45. The zero-order chi connectivity index (χ0) is 13.1. The van der Waals surface area contributed by atoms with Crippen molar-refractivity contribution in [2.24, 2.45) is 0 Å². The first kappa shape index (κ1) is 14.2. The molecule has 7 nitrogen and oxygen atoms in total. The number of likely N-dealkylation sites (N-methyl/N-ethyl adjacent to an activating group) is 1. The van der Waals surface area contributed by atoms with Crippen molar-refractivity contribution in [1.29, 1.82) is 0 Å². The predicted octanol–water partition coefficient (Wildman–Crippen LogP) is -0.340. The van der Waals surface area contributed by atoms with E-state index in [4.69, 9.17) is 4.74 Å². The Balaban J connectivity index is 2.55. The van der Waals surface area contributed by atoms with E-state index >= 15 is 0 Å². The number of nitrogens with one attached hydrogen (secondary N) is 2. The monoisotopic (exact) mass is 265 g/mol. The molecule has 0 saturated carbocycles. The van der Waals surface area contributed by atoms with Crippen LogP contribution >= 0.6 is 0 Å². The maximum absolute atomic E-state index is 11.8. The maximum atomic E-state index is 11.8. The van der Waals surface area contributed by atoms with Crippen LogP contribution in [0.2, 0.25) is 0 Å². The average Bonchev–Trinajstić information content (AvgIpc) is 2.63. The second kappa shape index (κ2) is 5.65. The van der Waals surface area contributed by atoms with Crippen LogP contribution in [0.1, 0.15) is 20.3 Å². The van der Waals surface area contributed by atoms with Crippen molar-refractivity contribution in [3.8, 4) is 0 Å². The molecule has 0 aromatic heterocycles. The van der Waals surface area contributed by atoms with E-state index in [9.17, 15) is 13.2 Å². The van der Waals surface area contributed by atoms with Crippen LogP contribution in [-0.2, 0) is 14.9 Å². The zero-order valence-electron chi connectivity index (χ0n) is 10.3. The summed E-state index contributed by atoms with van der Waals surface area (Å²) in [5, 5.41) is 3.00. The van der Waals surface area contributed by atoms with Gasteiger partial charge in [-0.3, -0.25) is 0 Å². The number of rotatable bonds is 4. The van der Waals surface area contributed by atoms with E-state index in [0.717, 1.165) is 6.42 Å². The van der Waals surface area contributed by atoms with E-state index in [1.54, 1.807) is 20.9 Å². The minimum atomic E-state index is -3.78. The van der Waals surface area contributed by atoms with Gasteiger partial charge < -0.3 is 10.1 Å². The lowest BCUT2D eigenvalue weighted by Crippen LogP contribution is -2.44. The van der Waals surface area contributed by atoms with Gasteiger partial charge in [-0.2, -0.15) is 12.7 Å². The standard InChI is InChI=1S/C9H19N3O4S/c1-7(2)16-9(13)11-17(14,15)12-5-4-8(6-12)10-3/h7-8,10H,4-6H2,1-3H3,(H,11,13). The smallest absolute Gasteiger partial charge is 0.422 e. The van der Waals surface area contributed by atoms with Crippen molar-refractivity contribution in [2.75, 3.05) is 20.1 Å². The molecule has 1 saturated heterocycles. The van der Waals surface area contributed by atoms with Crippen LogP contribution in [0.25, 0.3) is 0 Å². The van der Waals surface area contributed by atoms with Crippen LogP contribution in [-0.4, -0.2) is 51.1 Å². The van der Waals surface area contributed by atoms with Gasteiger partial charge in [-0.25, -0.2) is 9.52 Å². The number of hydrogen-bond donors (Lipinski definition) is 2. The van der Waals surface area contributed by atoms with E-state index in [1.165, 1.54) is 4.31 Å². The van der Waals surface area contributed by atoms with Crippen LogP contribution in [0.15, 0.2) is 0 Å². The van der Waals surface area contributed by atoms with Gasteiger partial charge in [-0.15, -0.1) is 0 Å². The molecule has 0 spiro atoms. The summed E-state index contributed by atoms with van der Waals surface area (Å²) in [6.45, 7) is 4.06. The molecule has 1 fully saturated rings. The Hall–Kier alpha value is -0.860. The lowest BCUT2D eigenvalue weighted by Gasteiger charge is -2.17. The predicted molar refractivity (Wildman–Crippen MR) is 62.7 cm³/mol. The van der Waals surface area contributed by atoms with E-state index in [0.29, 0.717) is 13.1 Å². The van der Waals surface area contributed by atoms with Crippen molar-refractivity contribution < 1.29 is 17.9 Å². The molecule has 1 unspecified atom stereocenters. The van der Waals surface area contributed by atoms with Crippen LogP contribution < -0.4 is 10.0 Å². The quantitative estimate of drug-likeness (QED) is 0.726. The molecule has 1 heterocycles. The number of carbonyl (C=O) groups excluding carboxylic acids is 1. The summed E-state index contributed by atoms with van der Waals surface area (Å²) in [4.78, 5) is 11.2. The molecule has 100 valence electrons. The average molecular weight is 265 g/mol. The van der Waals surface area contributed by atoms with Gasteiger partial charge >= 0.3 is 16.3 Å². The van der Waals surface area contributed by atoms with Gasteiger partial charge in [0.25, 0.3) is 0 Å². The highest BCUT2D eigenvalue weighted by atomic mass is 32.2. The van der Waals surface area contributed by atoms with Crippen LogP contribution in [0, 0.1) is 0 Å². The third kappa shape index (κ3) is 4.14. The van der Waals surface area contributed by atoms with Gasteiger partial charge in [0.05, 0.1) is 6.10 Å². The van der Waals surface area contributed by atoms with Crippen LogP contribution in [0.4, 0.5) is 4.79 Å². The number of nitrogens with zero attached hydrogens (tertiary/aromatic N) is 1. The first-order valence-corrected chi connectivity index (χ1v) is 6.95. The second-order valence-corrected chi connectivity index (χ2v) is 5.86. The Morgan fingerprint density at radius 3 is 2.59 bits per heavy atom. The molecular weight excluding hydrogens is 246 g/mol. The SMILES string of the molecule is CNC1CCN(S(=O)(=O)NC(=O)OC(C)C)C1. The molecule has 0 aromatic rings. The first-order chi connectivity index (χ1) is 7.85. The van der Waals surface area contributed by atoms with Crippen molar-refractivity contribution >= 4 is 16.3 Å². The van der Waals surface area contributed by atoms with Crippen molar-refractivity contribution in [1.82, 2.24) is 14.3 Å². The molecule has 0 aliphatic carbocycles. The summed E-state index contributed by atoms with van der Waals surface area (Å²) in [6.07, 6.45) is -0.557. The second-order valence-electron chi connectivity index (χ2n) is 4.19. The molecule has 2 N–H and O–H groups in total. The Labute approximate surface area is 102 Å². The summed E-state index contributed by atoms with van der Waals surface area (Å²) in [7, 11) is -2.00. The Morgan fingerprint density at radius 2 is 2.12 bits per heavy atom. The van der Waals surface area contributed by atoms with E-state index in [-0.39, 0.29) is 12.1 Å². The molecule has 1 amide bonds. The van der Waals surface area contributed by atoms with E-state index in [2.05, 4.69) is 5.32 Å². The summed E-state index contributed by atoms with van der Waals surface area (Å²) < 4.78 is 31.4. The lowest BCUT2D eigenvalue weighted by molar-refractivity contribution is 0.121. The number of carbonyl (C=O) groups is 1. The van der Waals surface area contributed by atoms with Gasteiger partial charge in [0.15, 0.2) is 0 Å². The first-order valence-electron chi connectivity index (χ1n) is 5.51.